The molecule has 0 aliphatic carbocycles. The first-order valence-electron chi connectivity index (χ1n) is 10.4. The van der Waals surface area contributed by atoms with Gasteiger partial charge in [-0.05, 0) is 36.1 Å². The van der Waals surface area contributed by atoms with Gasteiger partial charge in [-0.15, -0.1) is 0 Å². The summed E-state index contributed by atoms with van der Waals surface area (Å²) in [5, 5.41) is 2.23. The Morgan fingerprint density at radius 3 is 2.58 bits per heavy atom. The Balaban J connectivity index is 1.47. The van der Waals surface area contributed by atoms with Crippen LogP contribution in [-0.4, -0.2) is 41.1 Å². The number of amides is 4. The third kappa shape index (κ3) is 3.11. The molecule has 158 valence electrons. The lowest BCUT2D eigenvalue weighted by molar-refractivity contribution is -0.136. The van der Waals surface area contributed by atoms with Crippen molar-refractivity contribution in [3.05, 3.63) is 64.7 Å². The van der Waals surface area contributed by atoms with Crippen molar-refractivity contribution < 1.29 is 19.2 Å². The van der Waals surface area contributed by atoms with Gasteiger partial charge >= 0.3 is 0 Å². The van der Waals surface area contributed by atoms with Gasteiger partial charge in [0, 0.05) is 31.2 Å². The van der Waals surface area contributed by atoms with Crippen LogP contribution in [0.3, 0.4) is 0 Å². The lowest BCUT2D eigenvalue weighted by Crippen LogP contribution is -2.54. The Bertz CT molecular complexity index is 1130. The molecule has 2 aromatic rings. The van der Waals surface area contributed by atoms with Crippen molar-refractivity contribution in [1.82, 2.24) is 10.2 Å². The molecule has 8 nitrogen and oxygen atoms in total. The number of rotatable bonds is 3. The Hall–Kier alpha value is -3.52. The molecule has 31 heavy (non-hydrogen) atoms. The third-order valence-corrected chi connectivity index (χ3v) is 6.30. The predicted molar refractivity (Wildman–Crippen MR) is 112 cm³/mol. The number of fused-ring (bicyclic) bond motifs is 2. The van der Waals surface area contributed by atoms with Gasteiger partial charge in [-0.2, -0.15) is 0 Å². The third-order valence-electron chi connectivity index (χ3n) is 6.30. The van der Waals surface area contributed by atoms with Crippen LogP contribution in [-0.2, 0) is 16.1 Å². The topological polar surface area (TPSA) is 113 Å². The van der Waals surface area contributed by atoms with Crippen LogP contribution in [0.2, 0.25) is 0 Å². The van der Waals surface area contributed by atoms with E-state index in [1.807, 2.05) is 30.3 Å². The quantitative estimate of drug-likeness (QED) is 0.731. The van der Waals surface area contributed by atoms with E-state index in [2.05, 4.69) is 10.2 Å². The van der Waals surface area contributed by atoms with Crippen LogP contribution in [0.5, 0.6) is 0 Å². The molecule has 3 N–H and O–H groups in total. The minimum Gasteiger partial charge on any atom is -0.367 e. The van der Waals surface area contributed by atoms with Crippen molar-refractivity contribution >= 4 is 29.3 Å². The van der Waals surface area contributed by atoms with Gasteiger partial charge in [0.05, 0.1) is 11.1 Å². The van der Waals surface area contributed by atoms with E-state index in [1.54, 1.807) is 12.1 Å². The van der Waals surface area contributed by atoms with Crippen molar-refractivity contribution in [2.45, 2.75) is 37.9 Å². The summed E-state index contributed by atoms with van der Waals surface area (Å²) in [4.78, 5) is 53.3. The van der Waals surface area contributed by atoms with Crippen molar-refractivity contribution in [2.75, 3.05) is 11.4 Å². The second kappa shape index (κ2) is 7.31. The molecule has 0 saturated carbocycles. The Kier molecular flexibility index (Phi) is 4.59. The second-order valence-corrected chi connectivity index (χ2v) is 8.16. The zero-order valence-electron chi connectivity index (χ0n) is 16.8. The van der Waals surface area contributed by atoms with Crippen LogP contribution in [0.25, 0.3) is 0 Å². The monoisotopic (exact) mass is 418 g/mol. The van der Waals surface area contributed by atoms with Gasteiger partial charge in [-0.3, -0.25) is 29.4 Å². The predicted octanol–water partition coefficient (Wildman–Crippen LogP) is 1.50. The highest BCUT2D eigenvalue weighted by Gasteiger charge is 2.45. The van der Waals surface area contributed by atoms with Crippen molar-refractivity contribution in [2.24, 2.45) is 5.73 Å². The van der Waals surface area contributed by atoms with Crippen molar-refractivity contribution in [3.63, 3.8) is 0 Å². The molecule has 3 heterocycles. The van der Waals surface area contributed by atoms with Crippen LogP contribution in [0, 0.1) is 0 Å². The second-order valence-electron chi connectivity index (χ2n) is 8.16. The van der Waals surface area contributed by atoms with E-state index in [9.17, 15) is 19.2 Å². The summed E-state index contributed by atoms with van der Waals surface area (Å²) in [5.41, 5.74) is 9.72. The number of carbonyl (C=O) groups excluding carboxylic acids is 4. The number of imide groups is 2. The van der Waals surface area contributed by atoms with Crippen LogP contribution >= 0.6 is 0 Å². The minimum absolute atomic E-state index is 0.0276. The number of benzene rings is 2. The van der Waals surface area contributed by atoms with E-state index >= 15 is 0 Å². The average Bonchev–Trinajstić information content (AvgIpc) is 3.02. The van der Waals surface area contributed by atoms with Gasteiger partial charge in [0.25, 0.3) is 11.8 Å². The normalized spacial score (nSPS) is 23.0. The molecule has 8 heteroatoms. The van der Waals surface area contributed by atoms with Gasteiger partial charge in [0.1, 0.15) is 6.04 Å². The first-order chi connectivity index (χ1) is 15.0. The zero-order chi connectivity index (χ0) is 21.7. The van der Waals surface area contributed by atoms with Crippen LogP contribution < -0.4 is 16.0 Å². The molecule has 4 amide bonds. The van der Waals surface area contributed by atoms with Crippen LogP contribution in [0.15, 0.2) is 42.5 Å². The van der Waals surface area contributed by atoms with Crippen molar-refractivity contribution in [3.8, 4) is 0 Å². The SMILES string of the molecule is NC1CCN(Cc2cccc3c2C(=O)N(C2CCC(=O)NC2=O)C3=O)c2ccccc21. The summed E-state index contributed by atoms with van der Waals surface area (Å²) in [6.45, 7) is 1.19. The molecule has 0 aromatic heterocycles. The van der Waals surface area contributed by atoms with Crippen LogP contribution in [0.4, 0.5) is 5.69 Å². The highest BCUT2D eigenvalue weighted by Crippen LogP contribution is 2.35. The maximum absolute atomic E-state index is 13.3. The summed E-state index contributed by atoms with van der Waals surface area (Å²) >= 11 is 0. The van der Waals surface area contributed by atoms with Crippen LogP contribution in [0.1, 0.15) is 57.1 Å². The van der Waals surface area contributed by atoms with E-state index in [-0.39, 0.29) is 24.8 Å². The van der Waals surface area contributed by atoms with E-state index in [0.29, 0.717) is 17.7 Å². The highest BCUT2D eigenvalue weighted by atomic mass is 16.2. The summed E-state index contributed by atoms with van der Waals surface area (Å²) in [7, 11) is 0. The molecular formula is C23H22N4O4. The first-order valence-corrected chi connectivity index (χ1v) is 10.4. The summed E-state index contributed by atoms with van der Waals surface area (Å²) in [5.74, 6) is -1.96. The largest absolute Gasteiger partial charge is 0.367 e. The van der Waals surface area contributed by atoms with E-state index < -0.39 is 23.8 Å². The van der Waals surface area contributed by atoms with Gasteiger partial charge in [-0.25, -0.2) is 0 Å². The fourth-order valence-corrected chi connectivity index (χ4v) is 4.75. The molecule has 3 aliphatic heterocycles. The summed E-state index contributed by atoms with van der Waals surface area (Å²) < 4.78 is 0. The molecule has 2 unspecified atom stereocenters. The number of hydrogen-bond donors (Lipinski definition) is 2. The number of nitrogens with zero attached hydrogens (tertiary/aromatic N) is 2. The molecule has 5 rings (SSSR count). The lowest BCUT2D eigenvalue weighted by Gasteiger charge is -2.34. The van der Waals surface area contributed by atoms with Gasteiger partial charge in [0.2, 0.25) is 11.8 Å². The highest BCUT2D eigenvalue weighted by molar-refractivity contribution is 6.24. The number of hydrogen-bond acceptors (Lipinski definition) is 6. The Morgan fingerprint density at radius 1 is 0.968 bits per heavy atom. The average molecular weight is 418 g/mol. The maximum atomic E-state index is 13.3. The molecule has 0 bridgehead atoms. The number of anilines is 1. The fraction of sp³-hybridized carbons (Fsp3) is 0.304. The molecular weight excluding hydrogens is 396 g/mol. The number of carbonyl (C=O) groups is 4. The molecule has 0 radical (unpaired) electrons. The summed E-state index contributed by atoms with van der Waals surface area (Å²) in [6.07, 6.45) is 1.03. The van der Waals surface area contributed by atoms with E-state index in [4.69, 9.17) is 5.73 Å². The fourth-order valence-electron chi connectivity index (χ4n) is 4.75. The molecule has 2 aromatic carbocycles. The molecule has 2 atom stereocenters. The smallest absolute Gasteiger partial charge is 0.262 e. The Labute approximate surface area is 179 Å². The van der Waals surface area contributed by atoms with Crippen molar-refractivity contribution in [1.29, 1.82) is 0 Å². The molecule has 0 spiro atoms. The number of piperidine rings is 1. The zero-order valence-corrected chi connectivity index (χ0v) is 16.8. The van der Waals surface area contributed by atoms with E-state index in [0.717, 1.165) is 34.7 Å². The van der Waals surface area contributed by atoms with Gasteiger partial charge < -0.3 is 10.6 Å². The van der Waals surface area contributed by atoms with Gasteiger partial charge in [0.15, 0.2) is 0 Å². The summed E-state index contributed by atoms with van der Waals surface area (Å²) in [6, 6.07) is 12.2. The molecule has 1 saturated heterocycles. The number of para-hydroxylation sites is 1. The minimum atomic E-state index is -0.966. The van der Waals surface area contributed by atoms with E-state index in [1.165, 1.54) is 0 Å². The Morgan fingerprint density at radius 2 is 1.77 bits per heavy atom. The first kappa shape index (κ1) is 19.4. The lowest BCUT2D eigenvalue weighted by atomic mass is 9.95. The van der Waals surface area contributed by atoms with Gasteiger partial charge in [-0.1, -0.05) is 30.3 Å². The molecule has 1 fully saturated rings. The standard InChI is InChI=1S/C23H22N4O4/c24-16-10-11-26(17-7-2-1-5-14(16)17)12-13-4-3-6-15-20(13)23(31)27(22(15)30)18-8-9-19(28)25-21(18)29/h1-7,16,18H,8-12,24H2,(H,25,28,29). The number of nitrogens with one attached hydrogen (secondary N) is 1. The maximum Gasteiger partial charge on any atom is 0.262 e. The number of nitrogens with two attached hydrogens (primary N) is 1. The molecule has 3 aliphatic rings.